The van der Waals surface area contributed by atoms with Crippen molar-refractivity contribution in [2.24, 2.45) is 0 Å². The Balaban J connectivity index is 1.89. The molecule has 0 radical (unpaired) electrons. The molecule has 1 nitrogen and oxygen atoms in total. The van der Waals surface area contributed by atoms with E-state index in [0.717, 1.165) is 4.88 Å². The molecule has 3 aromatic rings. The highest BCUT2D eigenvalue weighted by molar-refractivity contribution is 7.26. The summed E-state index contributed by atoms with van der Waals surface area (Å²) < 4.78 is 0. The van der Waals surface area contributed by atoms with Gasteiger partial charge in [0.15, 0.2) is 0 Å². The standard InChI is InChI=1S/C14H11ClOS3/c15-8-9(16)10-3-4-13(18-10)14-6-5-12(19-14)11-2-1-7-17-11/h1-7,9,16H,8H2. The Bertz CT molecular complexity index is 654. The quantitative estimate of drug-likeness (QED) is 0.630. The van der Waals surface area contributed by atoms with Gasteiger partial charge in [0.05, 0.1) is 5.88 Å². The number of aliphatic hydroxyl groups is 1. The fourth-order valence-electron chi connectivity index (χ4n) is 1.76. The van der Waals surface area contributed by atoms with E-state index in [1.807, 2.05) is 6.07 Å². The zero-order valence-electron chi connectivity index (χ0n) is 9.88. The van der Waals surface area contributed by atoms with Gasteiger partial charge in [0.1, 0.15) is 6.10 Å². The molecule has 1 atom stereocenters. The number of alkyl halides is 1. The predicted octanol–water partition coefficient (Wildman–Crippen LogP) is 5.48. The molecule has 3 heterocycles. The molecule has 0 fully saturated rings. The Morgan fingerprint density at radius 1 is 0.947 bits per heavy atom. The summed E-state index contributed by atoms with van der Waals surface area (Å²) in [5.41, 5.74) is 0. The molecule has 1 unspecified atom stereocenters. The minimum atomic E-state index is -0.558. The van der Waals surface area contributed by atoms with Crippen molar-refractivity contribution in [3.8, 4) is 19.5 Å². The van der Waals surface area contributed by atoms with Crippen LogP contribution in [-0.2, 0) is 0 Å². The van der Waals surface area contributed by atoms with E-state index in [-0.39, 0.29) is 5.88 Å². The lowest BCUT2D eigenvalue weighted by atomic mass is 10.3. The van der Waals surface area contributed by atoms with Gasteiger partial charge in [0.25, 0.3) is 0 Å². The molecule has 19 heavy (non-hydrogen) atoms. The number of thiophene rings is 3. The normalized spacial score (nSPS) is 12.7. The highest BCUT2D eigenvalue weighted by Gasteiger charge is 2.12. The van der Waals surface area contributed by atoms with Crippen molar-refractivity contribution < 1.29 is 5.11 Å². The van der Waals surface area contributed by atoms with E-state index >= 15 is 0 Å². The summed E-state index contributed by atoms with van der Waals surface area (Å²) in [4.78, 5) is 5.94. The van der Waals surface area contributed by atoms with Crippen molar-refractivity contribution >= 4 is 45.6 Å². The minimum absolute atomic E-state index is 0.241. The number of hydrogen-bond acceptors (Lipinski definition) is 4. The first-order chi connectivity index (χ1) is 9.28. The van der Waals surface area contributed by atoms with Crippen LogP contribution in [0.4, 0.5) is 0 Å². The van der Waals surface area contributed by atoms with Crippen molar-refractivity contribution in [2.45, 2.75) is 6.10 Å². The smallest absolute Gasteiger partial charge is 0.102 e. The van der Waals surface area contributed by atoms with E-state index in [1.54, 1.807) is 34.0 Å². The van der Waals surface area contributed by atoms with Crippen molar-refractivity contribution in [3.05, 3.63) is 46.7 Å². The molecule has 0 aliphatic heterocycles. The van der Waals surface area contributed by atoms with Crippen molar-refractivity contribution in [2.75, 3.05) is 5.88 Å². The van der Waals surface area contributed by atoms with E-state index in [2.05, 4.69) is 35.7 Å². The molecule has 0 amide bonds. The SMILES string of the molecule is OC(CCl)c1ccc(-c2ccc(-c3cccs3)s2)s1. The summed E-state index contributed by atoms with van der Waals surface area (Å²) in [6.07, 6.45) is -0.558. The molecule has 0 aromatic carbocycles. The van der Waals surface area contributed by atoms with Gasteiger partial charge in [0, 0.05) is 24.4 Å². The minimum Gasteiger partial charge on any atom is -0.386 e. The molecular weight excluding hydrogens is 316 g/mol. The molecule has 0 saturated carbocycles. The van der Waals surface area contributed by atoms with Crippen LogP contribution in [0, 0.1) is 0 Å². The van der Waals surface area contributed by atoms with Crippen LogP contribution < -0.4 is 0 Å². The van der Waals surface area contributed by atoms with Gasteiger partial charge in [-0.25, -0.2) is 0 Å². The maximum absolute atomic E-state index is 9.73. The average Bonchev–Trinajstić information content (AvgIpc) is 3.14. The first kappa shape index (κ1) is 13.3. The maximum atomic E-state index is 9.73. The average molecular weight is 327 g/mol. The summed E-state index contributed by atoms with van der Waals surface area (Å²) in [5.74, 6) is 0.241. The van der Waals surface area contributed by atoms with Crippen LogP contribution in [0.1, 0.15) is 11.0 Å². The van der Waals surface area contributed by atoms with Crippen LogP contribution in [-0.4, -0.2) is 11.0 Å². The van der Waals surface area contributed by atoms with E-state index < -0.39 is 6.10 Å². The van der Waals surface area contributed by atoms with Crippen molar-refractivity contribution in [3.63, 3.8) is 0 Å². The predicted molar refractivity (Wildman–Crippen MR) is 86.6 cm³/mol. The van der Waals surface area contributed by atoms with Gasteiger partial charge in [-0.2, -0.15) is 0 Å². The van der Waals surface area contributed by atoms with E-state index in [1.165, 1.54) is 19.5 Å². The largest absolute Gasteiger partial charge is 0.386 e. The number of rotatable bonds is 4. The van der Waals surface area contributed by atoms with Crippen LogP contribution in [0.15, 0.2) is 41.8 Å². The lowest BCUT2D eigenvalue weighted by Gasteiger charge is -2.00. The van der Waals surface area contributed by atoms with Gasteiger partial charge >= 0.3 is 0 Å². The summed E-state index contributed by atoms with van der Waals surface area (Å²) in [6, 6.07) is 12.5. The molecule has 3 aromatic heterocycles. The van der Waals surface area contributed by atoms with E-state index in [0.29, 0.717) is 0 Å². The first-order valence-corrected chi connectivity index (χ1v) is 8.80. The third kappa shape index (κ3) is 2.78. The third-order valence-corrected chi connectivity index (χ3v) is 6.54. The van der Waals surface area contributed by atoms with Crippen LogP contribution in [0.25, 0.3) is 19.5 Å². The topological polar surface area (TPSA) is 20.2 Å². The summed E-state index contributed by atoms with van der Waals surface area (Å²) in [6.45, 7) is 0. The van der Waals surface area contributed by atoms with Crippen molar-refractivity contribution in [1.29, 1.82) is 0 Å². The molecule has 1 N–H and O–H groups in total. The fourth-order valence-corrected chi connectivity index (χ4v) is 4.94. The van der Waals surface area contributed by atoms with E-state index in [4.69, 9.17) is 11.6 Å². The summed E-state index contributed by atoms with van der Waals surface area (Å²) in [7, 11) is 0. The molecule has 0 saturated heterocycles. The Hall–Kier alpha value is -0.650. The zero-order chi connectivity index (χ0) is 13.2. The van der Waals surface area contributed by atoms with Crippen LogP contribution >= 0.6 is 45.6 Å². The van der Waals surface area contributed by atoms with Gasteiger partial charge in [-0.15, -0.1) is 45.6 Å². The van der Waals surface area contributed by atoms with Gasteiger partial charge < -0.3 is 5.11 Å². The van der Waals surface area contributed by atoms with Gasteiger partial charge in [0.2, 0.25) is 0 Å². The molecule has 98 valence electrons. The molecule has 0 aliphatic carbocycles. The van der Waals surface area contributed by atoms with Gasteiger partial charge in [-0.1, -0.05) is 6.07 Å². The summed E-state index contributed by atoms with van der Waals surface area (Å²) >= 11 is 10.8. The molecule has 0 spiro atoms. The number of aliphatic hydroxyl groups excluding tert-OH is 1. The number of hydrogen-bond donors (Lipinski definition) is 1. The molecule has 0 bridgehead atoms. The summed E-state index contributed by atoms with van der Waals surface area (Å²) in [5, 5.41) is 11.8. The Morgan fingerprint density at radius 3 is 2.32 bits per heavy atom. The van der Waals surface area contributed by atoms with Crippen LogP contribution in [0.5, 0.6) is 0 Å². The third-order valence-electron chi connectivity index (χ3n) is 2.71. The van der Waals surface area contributed by atoms with Gasteiger partial charge in [-0.05, 0) is 35.7 Å². The van der Waals surface area contributed by atoms with Crippen LogP contribution in [0.2, 0.25) is 0 Å². The zero-order valence-corrected chi connectivity index (χ0v) is 13.1. The lowest BCUT2D eigenvalue weighted by Crippen LogP contribution is -1.93. The lowest BCUT2D eigenvalue weighted by molar-refractivity contribution is 0.206. The molecule has 5 heteroatoms. The first-order valence-electron chi connectivity index (χ1n) is 5.76. The maximum Gasteiger partial charge on any atom is 0.102 e. The fraction of sp³-hybridized carbons (Fsp3) is 0.143. The Kier molecular flexibility index (Phi) is 4.05. The monoisotopic (exact) mass is 326 g/mol. The number of halogens is 1. The Morgan fingerprint density at radius 2 is 1.63 bits per heavy atom. The highest BCUT2D eigenvalue weighted by atomic mass is 35.5. The van der Waals surface area contributed by atoms with Gasteiger partial charge in [-0.3, -0.25) is 0 Å². The van der Waals surface area contributed by atoms with E-state index in [9.17, 15) is 5.11 Å². The highest BCUT2D eigenvalue weighted by Crippen LogP contribution is 2.40. The van der Waals surface area contributed by atoms with Crippen LogP contribution in [0.3, 0.4) is 0 Å². The second-order valence-corrected chi connectivity index (χ2v) is 7.47. The molecule has 0 aliphatic rings. The van der Waals surface area contributed by atoms with Crippen molar-refractivity contribution in [1.82, 2.24) is 0 Å². The Labute approximate surface area is 128 Å². The second kappa shape index (κ2) is 5.77. The molecular formula is C14H11ClOS3. The second-order valence-electron chi connectivity index (χ2n) is 4.01. The molecule has 3 rings (SSSR count).